The van der Waals surface area contributed by atoms with Gasteiger partial charge in [-0.05, 0) is 42.8 Å². The van der Waals surface area contributed by atoms with E-state index in [1.54, 1.807) is 37.0 Å². The summed E-state index contributed by atoms with van der Waals surface area (Å²) in [6, 6.07) is 9.82. The molecule has 0 spiro atoms. The lowest BCUT2D eigenvalue weighted by molar-refractivity contribution is -0.106. The van der Waals surface area contributed by atoms with Crippen LogP contribution in [0.5, 0.6) is 0 Å². The lowest BCUT2D eigenvalue weighted by Crippen LogP contribution is -2.15. The van der Waals surface area contributed by atoms with Crippen molar-refractivity contribution in [1.82, 2.24) is 9.78 Å². The Morgan fingerprint density at radius 2 is 1.71 bits per heavy atom. The number of amides is 1. The summed E-state index contributed by atoms with van der Waals surface area (Å²) in [5.74, 6) is -0.820. The minimum Gasteiger partial charge on any atom is -0.280 e. The Hall–Kier alpha value is -3.02. The van der Waals surface area contributed by atoms with Gasteiger partial charge >= 0.3 is 0 Å². The molecule has 0 unspecified atom stereocenters. The van der Waals surface area contributed by atoms with E-state index in [2.05, 4.69) is 5.10 Å². The maximum Gasteiger partial charge on any atom is 0.218 e. The van der Waals surface area contributed by atoms with Crippen molar-refractivity contribution in [2.45, 2.75) is 6.92 Å². The van der Waals surface area contributed by atoms with E-state index in [9.17, 15) is 13.6 Å². The van der Waals surface area contributed by atoms with E-state index in [0.29, 0.717) is 34.6 Å². The van der Waals surface area contributed by atoms with Crippen LogP contribution in [-0.4, -0.2) is 16.2 Å². The lowest BCUT2D eigenvalue weighted by atomic mass is 10.0. The Balaban J connectivity index is 2.18. The smallest absolute Gasteiger partial charge is 0.218 e. The van der Waals surface area contributed by atoms with E-state index in [4.69, 9.17) is 0 Å². The summed E-state index contributed by atoms with van der Waals surface area (Å²) in [5, 5.41) is 4.23. The first-order chi connectivity index (χ1) is 11.5. The summed E-state index contributed by atoms with van der Waals surface area (Å²) in [6.45, 7) is 1.78. The van der Waals surface area contributed by atoms with E-state index in [1.807, 2.05) is 0 Å². The summed E-state index contributed by atoms with van der Waals surface area (Å²) < 4.78 is 28.5. The Bertz CT molecular complexity index is 888. The number of nitrogens with zero attached hydrogens (tertiary/aromatic N) is 3. The van der Waals surface area contributed by atoms with Crippen LogP contribution in [0.25, 0.3) is 11.1 Å². The Morgan fingerprint density at radius 3 is 2.29 bits per heavy atom. The lowest BCUT2D eigenvalue weighted by Gasteiger charge is -2.20. The summed E-state index contributed by atoms with van der Waals surface area (Å²) >= 11 is 0. The molecular formula is C18H15F2N3O. The number of carbonyl (C=O) groups is 1. The normalized spacial score (nSPS) is 10.7. The standard InChI is InChI=1S/C18H15F2N3O/c1-12-18(10-22(2)21-12)23(11-24)17-8-7-15(20)9-16(17)13-3-5-14(19)6-4-13/h3-11H,1-2H3. The molecule has 24 heavy (non-hydrogen) atoms. The third kappa shape index (κ3) is 2.90. The molecule has 0 radical (unpaired) electrons. The first kappa shape index (κ1) is 15.9. The van der Waals surface area contributed by atoms with Gasteiger partial charge in [0, 0.05) is 18.8 Å². The van der Waals surface area contributed by atoms with Crippen molar-refractivity contribution in [2.75, 3.05) is 4.90 Å². The number of halogens is 2. The zero-order chi connectivity index (χ0) is 17.3. The Labute approximate surface area is 138 Å². The highest BCUT2D eigenvalue weighted by atomic mass is 19.1. The largest absolute Gasteiger partial charge is 0.280 e. The van der Waals surface area contributed by atoms with Gasteiger partial charge in [-0.1, -0.05) is 12.1 Å². The molecule has 2 aromatic carbocycles. The van der Waals surface area contributed by atoms with Crippen LogP contribution < -0.4 is 4.90 Å². The summed E-state index contributed by atoms with van der Waals surface area (Å²) in [4.78, 5) is 13.1. The van der Waals surface area contributed by atoms with Gasteiger partial charge in [0.05, 0.1) is 17.1 Å². The molecule has 0 atom stereocenters. The van der Waals surface area contributed by atoms with Gasteiger partial charge in [-0.3, -0.25) is 14.4 Å². The second kappa shape index (κ2) is 6.23. The molecule has 1 heterocycles. The molecule has 0 aliphatic heterocycles. The van der Waals surface area contributed by atoms with Gasteiger partial charge in [0.1, 0.15) is 11.6 Å². The quantitative estimate of drug-likeness (QED) is 0.680. The predicted octanol–water partition coefficient (Wildman–Crippen LogP) is 3.97. The van der Waals surface area contributed by atoms with E-state index in [-0.39, 0.29) is 5.82 Å². The highest BCUT2D eigenvalue weighted by Gasteiger charge is 2.18. The van der Waals surface area contributed by atoms with Crippen LogP contribution >= 0.6 is 0 Å². The van der Waals surface area contributed by atoms with E-state index in [0.717, 1.165) is 0 Å². The Kier molecular flexibility index (Phi) is 4.12. The zero-order valence-electron chi connectivity index (χ0n) is 13.2. The highest BCUT2D eigenvalue weighted by molar-refractivity contribution is 5.94. The number of carbonyl (C=O) groups excluding carboxylic acids is 1. The number of aromatic nitrogens is 2. The maximum atomic E-state index is 13.8. The number of benzene rings is 2. The fraction of sp³-hybridized carbons (Fsp3) is 0.111. The third-order valence-electron chi connectivity index (χ3n) is 3.73. The first-order valence-corrected chi connectivity index (χ1v) is 7.30. The van der Waals surface area contributed by atoms with Crippen molar-refractivity contribution in [1.29, 1.82) is 0 Å². The summed E-state index contributed by atoms with van der Waals surface area (Å²) in [6.07, 6.45) is 2.37. The van der Waals surface area contributed by atoms with Crippen LogP contribution in [0.2, 0.25) is 0 Å². The van der Waals surface area contributed by atoms with Crippen molar-refractivity contribution in [2.24, 2.45) is 7.05 Å². The maximum absolute atomic E-state index is 13.8. The average Bonchev–Trinajstić information content (AvgIpc) is 2.89. The average molecular weight is 327 g/mol. The summed E-state index contributed by atoms with van der Waals surface area (Å²) in [7, 11) is 1.75. The highest BCUT2D eigenvalue weighted by Crippen LogP contribution is 2.36. The molecule has 0 N–H and O–H groups in total. The van der Waals surface area contributed by atoms with Crippen LogP contribution in [0.3, 0.4) is 0 Å². The zero-order valence-corrected chi connectivity index (χ0v) is 13.2. The SMILES string of the molecule is Cc1nn(C)cc1N(C=O)c1ccc(F)cc1-c1ccc(F)cc1. The van der Waals surface area contributed by atoms with Crippen molar-refractivity contribution < 1.29 is 13.6 Å². The third-order valence-corrected chi connectivity index (χ3v) is 3.73. The van der Waals surface area contributed by atoms with E-state index < -0.39 is 5.82 Å². The van der Waals surface area contributed by atoms with Gasteiger partial charge in [-0.25, -0.2) is 8.78 Å². The van der Waals surface area contributed by atoms with E-state index in [1.165, 1.54) is 35.2 Å². The molecule has 0 bridgehead atoms. The molecular weight excluding hydrogens is 312 g/mol. The molecule has 0 saturated heterocycles. The molecule has 4 nitrogen and oxygen atoms in total. The number of hydrogen-bond acceptors (Lipinski definition) is 2. The van der Waals surface area contributed by atoms with Gasteiger partial charge in [0.2, 0.25) is 6.41 Å². The van der Waals surface area contributed by atoms with Crippen LogP contribution in [0.15, 0.2) is 48.7 Å². The van der Waals surface area contributed by atoms with Gasteiger partial charge in [-0.2, -0.15) is 5.10 Å². The molecule has 6 heteroatoms. The monoisotopic (exact) mass is 327 g/mol. The molecule has 0 aliphatic carbocycles. The fourth-order valence-electron chi connectivity index (χ4n) is 2.65. The van der Waals surface area contributed by atoms with Crippen molar-refractivity contribution >= 4 is 17.8 Å². The molecule has 1 amide bonds. The number of aryl methyl sites for hydroxylation is 2. The van der Waals surface area contributed by atoms with Crippen LogP contribution in [0, 0.1) is 18.6 Å². The molecule has 3 aromatic rings. The topological polar surface area (TPSA) is 38.1 Å². The molecule has 0 aliphatic rings. The van der Waals surface area contributed by atoms with Gasteiger partial charge < -0.3 is 0 Å². The molecule has 1 aromatic heterocycles. The van der Waals surface area contributed by atoms with Crippen molar-refractivity contribution in [3.63, 3.8) is 0 Å². The molecule has 3 rings (SSSR count). The van der Waals surface area contributed by atoms with Gasteiger partial charge in [0.15, 0.2) is 0 Å². The second-order valence-electron chi connectivity index (χ2n) is 5.42. The van der Waals surface area contributed by atoms with Crippen LogP contribution in [0.4, 0.5) is 20.2 Å². The fourth-order valence-corrected chi connectivity index (χ4v) is 2.65. The minimum atomic E-state index is -0.438. The van der Waals surface area contributed by atoms with E-state index >= 15 is 0 Å². The van der Waals surface area contributed by atoms with Crippen LogP contribution in [-0.2, 0) is 11.8 Å². The number of anilines is 2. The number of rotatable bonds is 4. The minimum absolute atomic E-state index is 0.382. The van der Waals surface area contributed by atoms with Crippen molar-refractivity contribution in [3.05, 3.63) is 66.0 Å². The number of hydrogen-bond donors (Lipinski definition) is 0. The van der Waals surface area contributed by atoms with Gasteiger partial charge in [0.25, 0.3) is 0 Å². The molecule has 122 valence electrons. The summed E-state index contributed by atoms with van der Waals surface area (Å²) in [5.41, 5.74) is 2.86. The molecule has 0 fully saturated rings. The Morgan fingerprint density at radius 1 is 1.04 bits per heavy atom. The van der Waals surface area contributed by atoms with Crippen LogP contribution in [0.1, 0.15) is 5.69 Å². The second-order valence-corrected chi connectivity index (χ2v) is 5.42. The van der Waals surface area contributed by atoms with Gasteiger partial charge in [-0.15, -0.1) is 0 Å². The predicted molar refractivity (Wildman–Crippen MR) is 87.9 cm³/mol. The first-order valence-electron chi connectivity index (χ1n) is 7.30. The van der Waals surface area contributed by atoms with Crippen molar-refractivity contribution in [3.8, 4) is 11.1 Å². The molecule has 0 saturated carbocycles.